The number of hydrogen-bond donors (Lipinski definition) is 2. The zero-order chi connectivity index (χ0) is 22.2. The fourth-order valence-corrected chi connectivity index (χ4v) is 5.45. The minimum atomic E-state index is 0.554. The third kappa shape index (κ3) is 4.26. The Morgan fingerprint density at radius 3 is 2.61 bits per heavy atom. The summed E-state index contributed by atoms with van der Waals surface area (Å²) >= 11 is 0. The highest BCUT2D eigenvalue weighted by Crippen LogP contribution is 2.45. The van der Waals surface area contributed by atoms with Crippen LogP contribution in [0.25, 0.3) is 11.4 Å². The quantitative estimate of drug-likeness (QED) is 0.500. The maximum absolute atomic E-state index is 6.62. The normalized spacial score (nSPS) is 21.1. The van der Waals surface area contributed by atoms with Gasteiger partial charge in [0.15, 0.2) is 0 Å². The molecule has 2 fully saturated rings. The minimum Gasteiger partial charge on any atom is -0.456 e. The molecule has 33 heavy (non-hydrogen) atoms. The van der Waals surface area contributed by atoms with Gasteiger partial charge in [0, 0.05) is 41.6 Å². The SMILES string of the molecule is C[C@H]1CCc2c(ccc(-c3ncc(C4CCNCC4)[nH]3)c2Oc2ccccc2)N1CC1CC1. The molecule has 5 heteroatoms. The van der Waals surface area contributed by atoms with Crippen LogP contribution >= 0.6 is 0 Å². The van der Waals surface area contributed by atoms with Crippen molar-refractivity contribution in [2.75, 3.05) is 24.5 Å². The number of anilines is 1. The number of hydrogen-bond acceptors (Lipinski definition) is 4. The van der Waals surface area contributed by atoms with E-state index in [2.05, 4.69) is 34.3 Å². The van der Waals surface area contributed by atoms with E-state index in [4.69, 9.17) is 9.72 Å². The first kappa shape index (κ1) is 20.8. The van der Waals surface area contributed by atoms with E-state index in [-0.39, 0.29) is 0 Å². The van der Waals surface area contributed by atoms with Gasteiger partial charge >= 0.3 is 0 Å². The number of nitrogens with one attached hydrogen (secondary N) is 2. The summed E-state index contributed by atoms with van der Waals surface area (Å²) in [5, 5.41) is 3.46. The average molecular weight is 443 g/mol. The van der Waals surface area contributed by atoms with Crippen LogP contribution in [0.15, 0.2) is 48.7 Å². The number of para-hydroxylation sites is 1. The summed E-state index contributed by atoms with van der Waals surface area (Å²) in [5.74, 6) is 4.18. The van der Waals surface area contributed by atoms with E-state index in [0.29, 0.717) is 12.0 Å². The van der Waals surface area contributed by atoms with Crippen LogP contribution in [-0.2, 0) is 6.42 Å². The summed E-state index contributed by atoms with van der Waals surface area (Å²) in [5.41, 5.74) is 4.99. The predicted octanol–water partition coefficient (Wildman–Crippen LogP) is 5.89. The molecule has 3 aliphatic rings. The molecule has 3 aromatic rings. The van der Waals surface area contributed by atoms with Crippen molar-refractivity contribution in [3.63, 3.8) is 0 Å². The molecule has 2 N–H and O–H groups in total. The van der Waals surface area contributed by atoms with Crippen molar-refractivity contribution >= 4 is 5.69 Å². The van der Waals surface area contributed by atoms with Crippen LogP contribution in [0.3, 0.4) is 0 Å². The third-order valence-electron chi connectivity index (χ3n) is 7.63. The Labute approximate surface area is 196 Å². The molecular formula is C28H34N4O. The third-order valence-corrected chi connectivity index (χ3v) is 7.63. The van der Waals surface area contributed by atoms with Crippen LogP contribution in [0.2, 0.25) is 0 Å². The first-order valence-electron chi connectivity index (χ1n) is 12.7. The van der Waals surface area contributed by atoms with Crippen LogP contribution < -0.4 is 15.0 Å². The number of nitrogens with zero attached hydrogens (tertiary/aromatic N) is 2. The Morgan fingerprint density at radius 2 is 1.82 bits per heavy atom. The fourth-order valence-electron chi connectivity index (χ4n) is 5.45. The van der Waals surface area contributed by atoms with Gasteiger partial charge in [0.1, 0.15) is 17.3 Å². The van der Waals surface area contributed by atoms with Gasteiger partial charge in [-0.2, -0.15) is 0 Å². The minimum absolute atomic E-state index is 0.554. The topological polar surface area (TPSA) is 53.2 Å². The molecular weight excluding hydrogens is 408 g/mol. The van der Waals surface area contributed by atoms with Crippen LogP contribution in [0.4, 0.5) is 5.69 Å². The van der Waals surface area contributed by atoms with E-state index in [0.717, 1.165) is 67.6 Å². The number of benzene rings is 2. The summed E-state index contributed by atoms with van der Waals surface area (Å²) in [6.07, 6.45) is 9.30. The molecule has 3 heterocycles. The van der Waals surface area contributed by atoms with E-state index in [1.807, 2.05) is 36.5 Å². The van der Waals surface area contributed by atoms with Crippen LogP contribution in [0, 0.1) is 5.92 Å². The number of piperidine rings is 1. The first-order valence-corrected chi connectivity index (χ1v) is 12.7. The van der Waals surface area contributed by atoms with Gasteiger partial charge < -0.3 is 19.9 Å². The standard InChI is InChI=1S/C28H34N4O/c1-19-7-10-23-26(32(19)18-20-8-9-20)12-11-24(27(23)33-22-5-3-2-4-6-22)28-30-17-25(31-28)21-13-15-29-16-14-21/h2-6,11-12,17,19-21,29H,7-10,13-16,18H2,1H3,(H,30,31)/t19-/m0/s1. The maximum Gasteiger partial charge on any atom is 0.143 e. The van der Waals surface area contributed by atoms with Crippen LogP contribution in [0.5, 0.6) is 11.5 Å². The monoisotopic (exact) mass is 442 g/mol. The molecule has 1 saturated heterocycles. The number of fused-ring (bicyclic) bond motifs is 1. The zero-order valence-electron chi connectivity index (χ0n) is 19.5. The highest BCUT2D eigenvalue weighted by Gasteiger charge is 2.32. The number of aromatic amines is 1. The maximum atomic E-state index is 6.62. The lowest BCUT2D eigenvalue weighted by atomic mass is 9.93. The van der Waals surface area contributed by atoms with Gasteiger partial charge in [-0.15, -0.1) is 0 Å². The molecule has 5 nitrogen and oxygen atoms in total. The number of imidazole rings is 1. The Morgan fingerprint density at radius 1 is 1.00 bits per heavy atom. The molecule has 1 atom stereocenters. The van der Waals surface area contributed by atoms with E-state index in [1.165, 1.54) is 36.3 Å². The largest absolute Gasteiger partial charge is 0.456 e. The molecule has 172 valence electrons. The fraction of sp³-hybridized carbons (Fsp3) is 0.464. The van der Waals surface area contributed by atoms with Crippen LogP contribution in [0.1, 0.15) is 56.2 Å². The van der Waals surface area contributed by atoms with Gasteiger partial charge in [0.2, 0.25) is 0 Å². The van der Waals surface area contributed by atoms with Crippen molar-refractivity contribution in [1.29, 1.82) is 0 Å². The van der Waals surface area contributed by atoms with Gasteiger partial charge in [0.25, 0.3) is 0 Å². The summed E-state index contributed by atoms with van der Waals surface area (Å²) in [6.45, 7) is 5.69. The molecule has 0 bridgehead atoms. The van der Waals surface area contributed by atoms with E-state index >= 15 is 0 Å². The van der Waals surface area contributed by atoms with Crippen molar-refractivity contribution in [3.8, 4) is 22.9 Å². The summed E-state index contributed by atoms with van der Waals surface area (Å²) in [6, 6.07) is 15.3. The summed E-state index contributed by atoms with van der Waals surface area (Å²) < 4.78 is 6.62. The number of H-pyrrole nitrogens is 1. The van der Waals surface area contributed by atoms with Gasteiger partial charge in [-0.1, -0.05) is 18.2 Å². The number of aromatic nitrogens is 2. The van der Waals surface area contributed by atoms with E-state index < -0.39 is 0 Å². The molecule has 1 aromatic heterocycles. The number of rotatable bonds is 6. The average Bonchev–Trinajstić information content (AvgIpc) is 3.55. The lowest BCUT2D eigenvalue weighted by Gasteiger charge is -2.38. The van der Waals surface area contributed by atoms with Gasteiger partial charge in [-0.25, -0.2) is 4.98 Å². The molecule has 2 aliphatic heterocycles. The second-order valence-electron chi connectivity index (χ2n) is 10.0. The van der Waals surface area contributed by atoms with Crippen molar-refractivity contribution < 1.29 is 4.74 Å². The molecule has 1 aliphatic carbocycles. The summed E-state index contributed by atoms with van der Waals surface area (Å²) in [4.78, 5) is 11.1. The molecule has 0 amide bonds. The molecule has 2 aromatic carbocycles. The molecule has 1 saturated carbocycles. The number of ether oxygens (including phenoxy) is 1. The van der Waals surface area contributed by atoms with E-state index in [9.17, 15) is 0 Å². The Balaban J connectivity index is 1.41. The zero-order valence-corrected chi connectivity index (χ0v) is 19.5. The lowest BCUT2D eigenvalue weighted by molar-refractivity contribution is 0.454. The van der Waals surface area contributed by atoms with Gasteiger partial charge in [-0.05, 0) is 88.7 Å². The molecule has 0 spiro atoms. The van der Waals surface area contributed by atoms with Crippen molar-refractivity contribution in [2.45, 2.75) is 57.4 Å². The lowest BCUT2D eigenvalue weighted by Crippen LogP contribution is -2.38. The Hall–Kier alpha value is -2.79. The highest BCUT2D eigenvalue weighted by atomic mass is 16.5. The smallest absolute Gasteiger partial charge is 0.143 e. The highest BCUT2D eigenvalue weighted by molar-refractivity contribution is 5.75. The van der Waals surface area contributed by atoms with Gasteiger partial charge in [-0.3, -0.25) is 0 Å². The van der Waals surface area contributed by atoms with Crippen molar-refractivity contribution in [2.24, 2.45) is 5.92 Å². The predicted molar refractivity (Wildman–Crippen MR) is 133 cm³/mol. The van der Waals surface area contributed by atoms with E-state index in [1.54, 1.807) is 0 Å². The second-order valence-corrected chi connectivity index (χ2v) is 10.0. The summed E-state index contributed by atoms with van der Waals surface area (Å²) in [7, 11) is 0. The Bertz CT molecular complexity index is 1100. The second kappa shape index (κ2) is 8.86. The molecule has 0 radical (unpaired) electrons. The Kier molecular flexibility index (Phi) is 5.58. The van der Waals surface area contributed by atoms with Crippen molar-refractivity contribution in [3.05, 3.63) is 59.9 Å². The van der Waals surface area contributed by atoms with Crippen LogP contribution in [-0.4, -0.2) is 35.6 Å². The molecule has 0 unspecified atom stereocenters. The molecule has 6 rings (SSSR count). The first-order chi connectivity index (χ1) is 16.3. The van der Waals surface area contributed by atoms with Gasteiger partial charge in [0.05, 0.1) is 5.56 Å². The van der Waals surface area contributed by atoms with Crippen molar-refractivity contribution in [1.82, 2.24) is 15.3 Å².